The van der Waals surface area contributed by atoms with Crippen LogP contribution < -0.4 is 14.9 Å². The molecule has 1 amide bonds. The first-order valence-electron chi connectivity index (χ1n) is 7.95. The summed E-state index contributed by atoms with van der Waals surface area (Å²) in [5.74, 6) is 3.29. The van der Waals surface area contributed by atoms with Gasteiger partial charge in [0.1, 0.15) is 0 Å². The van der Waals surface area contributed by atoms with Crippen molar-refractivity contribution in [3.63, 3.8) is 0 Å². The topological polar surface area (TPSA) is 59.9 Å². The molecule has 22 heavy (non-hydrogen) atoms. The van der Waals surface area contributed by atoms with Crippen LogP contribution in [-0.4, -0.2) is 18.4 Å². The number of nitrogens with one attached hydrogen (secondary N) is 1. The molecular weight excluding hydrogens is 280 g/mol. The third-order valence-electron chi connectivity index (χ3n) is 5.24. The second-order valence-corrected chi connectivity index (χ2v) is 6.54. The van der Waals surface area contributed by atoms with Gasteiger partial charge in [0.05, 0.1) is 0 Å². The lowest BCUT2D eigenvalue weighted by Gasteiger charge is -2.21. The Bertz CT molecular complexity index is 641. The minimum Gasteiger partial charge on any atom is -0.454 e. The molecule has 3 aliphatic rings. The third kappa shape index (κ3) is 2.34. The normalized spacial score (nSPS) is 29.0. The number of ether oxygens (including phenoxy) is 2. The molecule has 2 saturated carbocycles. The standard InChI is InChI=1S/C17H20N2O3/c1-10(14-7-11-2-3-12(14)6-11)18-19-17(20)13-4-5-15-16(8-13)22-9-21-15/h4-5,8,11-12,14H,2-3,6-7,9H2,1H3,(H,19,20)/b18-10-/t11-,12-,14+/m1/s1. The van der Waals surface area contributed by atoms with E-state index in [1.807, 2.05) is 6.92 Å². The number of rotatable bonds is 3. The number of hydrazone groups is 1. The van der Waals surface area contributed by atoms with Gasteiger partial charge in [-0.25, -0.2) is 5.43 Å². The Kier molecular flexibility index (Phi) is 3.28. The molecular formula is C17H20N2O3. The van der Waals surface area contributed by atoms with Crippen LogP contribution in [0.15, 0.2) is 23.3 Å². The Hall–Kier alpha value is -2.04. The van der Waals surface area contributed by atoms with E-state index >= 15 is 0 Å². The van der Waals surface area contributed by atoms with Crippen molar-refractivity contribution in [3.8, 4) is 11.5 Å². The van der Waals surface area contributed by atoms with Crippen LogP contribution in [-0.2, 0) is 0 Å². The number of carbonyl (C=O) groups excluding carboxylic acids is 1. The van der Waals surface area contributed by atoms with Crippen molar-refractivity contribution in [1.82, 2.24) is 5.43 Å². The summed E-state index contributed by atoms with van der Waals surface area (Å²) in [6, 6.07) is 5.18. The van der Waals surface area contributed by atoms with E-state index in [4.69, 9.17) is 9.47 Å². The van der Waals surface area contributed by atoms with Crippen LogP contribution in [0, 0.1) is 17.8 Å². The number of hydrogen-bond donors (Lipinski definition) is 1. The van der Waals surface area contributed by atoms with Crippen molar-refractivity contribution < 1.29 is 14.3 Å². The Balaban J connectivity index is 1.42. The fourth-order valence-corrected chi connectivity index (χ4v) is 4.08. The number of nitrogens with zero attached hydrogens (tertiary/aromatic N) is 1. The van der Waals surface area contributed by atoms with Crippen LogP contribution >= 0.6 is 0 Å². The van der Waals surface area contributed by atoms with Crippen molar-refractivity contribution in [3.05, 3.63) is 23.8 Å². The molecule has 0 spiro atoms. The average Bonchev–Trinajstić information content (AvgIpc) is 3.26. The van der Waals surface area contributed by atoms with Gasteiger partial charge in [0.15, 0.2) is 11.5 Å². The quantitative estimate of drug-likeness (QED) is 0.689. The Labute approximate surface area is 129 Å². The molecule has 2 bridgehead atoms. The molecule has 0 radical (unpaired) electrons. The molecule has 3 atom stereocenters. The molecule has 0 unspecified atom stereocenters. The molecule has 1 heterocycles. The maximum atomic E-state index is 12.2. The van der Waals surface area contributed by atoms with Crippen LogP contribution in [0.2, 0.25) is 0 Å². The van der Waals surface area contributed by atoms with E-state index in [-0.39, 0.29) is 12.7 Å². The fourth-order valence-electron chi connectivity index (χ4n) is 4.08. The van der Waals surface area contributed by atoms with E-state index in [0.29, 0.717) is 23.0 Å². The van der Waals surface area contributed by atoms with Gasteiger partial charge in [-0.3, -0.25) is 4.79 Å². The summed E-state index contributed by atoms with van der Waals surface area (Å²) >= 11 is 0. The van der Waals surface area contributed by atoms with E-state index in [1.54, 1.807) is 18.2 Å². The maximum absolute atomic E-state index is 12.2. The van der Waals surface area contributed by atoms with E-state index in [0.717, 1.165) is 17.5 Å². The highest BCUT2D eigenvalue weighted by molar-refractivity contribution is 5.96. The van der Waals surface area contributed by atoms with Gasteiger partial charge in [0, 0.05) is 17.2 Å². The molecule has 0 aromatic heterocycles. The number of benzene rings is 1. The number of fused-ring (bicyclic) bond motifs is 3. The first-order valence-corrected chi connectivity index (χ1v) is 7.95. The molecule has 116 valence electrons. The lowest BCUT2D eigenvalue weighted by Crippen LogP contribution is -2.24. The van der Waals surface area contributed by atoms with Gasteiger partial charge in [-0.1, -0.05) is 6.42 Å². The monoisotopic (exact) mass is 300 g/mol. The highest BCUT2D eigenvalue weighted by Crippen LogP contribution is 2.48. The summed E-state index contributed by atoms with van der Waals surface area (Å²) in [6.45, 7) is 2.24. The minimum absolute atomic E-state index is 0.208. The average molecular weight is 300 g/mol. The molecule has 1 aromatic rings. The lowest BCUT2D eigenvalue weighted by atomic mass is 9.86. The number of hydrogen-bond acceptors (Lipinski definition) is 4. The molecule has 5 nitrogen and oxygen atoms in total. The van der Waals surface area contributed by atoms with Crippen LogP contribution in [0.25, 0.3) is 0 Å². The van der Waals surface area contributed by atoms with Crippen molar-refractivity contribution in [2.45, 2.75) is 32.6 Å². The van der Waals surface area contributed by atoms with Crippen LogP contribution in [0.1, 0.15) is 43.0 Å². The molecule has 4 rings (SSSR count). The lowest BCUT2D eigenvalue weighted by molar-refractivity contribution is 0.0954. The van der Waals surface area contributed by atoms with Gasteiger partial charge >= 0.3 is 0 Å². The molecule has 1 N–H and O–H groups in total. The van der Waals surface area contributed by atoms with E-state index in [2.05, 4.69) is 10.5 Å². The first-order chi connectivity index (χ1) is 10.7. The van der Waals surface area contributed by atoms with Crippen molar-refractivity contribution >= 4 is 11.6 Å². The van der Waals surface area contributed by atoms with Crippen molar-refractivity contribution in [2.75, 3.05) is 6.79 Å². The van der Waals surface area contributed by atoms with Crippen molar-refractivity contribution in [2.24, 2.45) is 22.9 Å². The van der Waals surface area contributed by atoms with E-state index < -0.39 is 0 Å². The van der Waals surface area contributed by atoms with Crippen molar-refractivity contribution in [1.29, 1.82) is 0 Å². The molecule has 0 saturated heterocycles. The summed E-state index contributed by atoms with van der Waals surface area (Å²) in [7, 11) is 0. The van der Waals surface area contributed by atoms with Gasteiger partial charge in [-0.2, -0.15) is 5.10 Å². The SMILES string of the molecule is C/C(=N/NC(=O)c1ccc2c(c1)OCO2)[C@@H]1C[C@@H]2CC[C@@H]1C2. The van der Waals surface area contributed by atoms with Crippen LogP contribution in [0.4, 0.5) is 0 Å². The van der Waals surface area contributed by atoms with E-state index in [9.17, 15) is 4.79 Å². The highest BCUT2D eigenvalue weighted by Gasteiger charge is 2.40. The van der Waals surface area contributed by atoms with Crippen LogP contribution in [0.5, 0.6) is 11.5 Å². The Morgan fingerprint density at radius 2 is 2.09 bits per heavy atom. The second-order valence-electron chi connectivity index (χ2n) is 6.54. The zero-order valence-electron chi connectivity index (χ0n) is 12.7. The molecule has 2 aliphatic carbocycles. The Morgan fingerprint density at radius 1 is 1.23 bits per heavy atom. The molecule has 5 heteroatoms. The number of amides is 1. The second kappa shape index (κ2) is 5.30. The van der Waals surface area contributed by atoms with Crippen LogP contribution in [0.3, 0.4) is 0 Å². The zero-order chi connectivity index (χ0) is 15.1. The summed E-state index contributed by atoms with van der Waals surface area (Å²) < 4.78 is 10.5. The minimum atomic E-state index is -0.208. The molecule has 1 aromatic carbocycles. The predicted molar refractivity (Wildman–Crippen MR) is 82.1 cm³/mol. The van der Waals surface area contributed by atoms with Gasteiger partial charge in [-0.05, 0) is 56.2 Å². The summed E-state index contributed by atoms with van der Waals surface area (Å²) in [6.07, 6.45) is 5.27. The number of carbonyl (C=O) groups is 1. The van der Waals surface area contributed by atoms with Gasteiger partial charge in [-0.15, -0.1) is 0 Å². The first kappa shape index (κ1) is 13.6. The van der Waals surface area contributed by atoms with Gasteiger partial charge in [0.25, 0.3) is 5.91 Å². The van der Waals surface area contributed by atoms with Gasteiger partial charge in [0.2, 0.25) is 6.79 Å². The van der Waals surface area contributed by atoms with E-state index in [1.165, 1.54) is 25.7 Å². The molecule has 2 fully saturated rings. The fraction of sp³-hybridized carbons (Fsp3) is 0.529. The maximum Gasteiger partial charge on any atom is 0.271 e. The van der Waals surface area contributed by atoms with Gasteiger partial charge < -0.3 is 9.47 Å². The highest BCUT2D eigenvalue weighted by atomic mass is 16.7. The summed E-state index contributed by atoms with van der Waals surface area (Å²) in [5, 5.41) is 4.34. The zero-order valence-corrected chi connectivity index (χ0v) is 12.7. The predicted octanol–water partition coefficient (Wildman–Crippen LogP) is 2.96. The summed E-state index contributed by atoms with van der Waals surface area (Å²) in [5.41, 5.74) is 4.27. The Morgan fingerprint density at radius 3 is 2.86 bits per heavy atom. The largest absolute Gasteiger partial charge is 0.454 e. The third-order valence-corrected chi connectivity index (χ3v) is 5.24. The molecule has 1 aliphatic heterocycles. The summed E-state index contributed by atoms with van der Waals surface area (Å²) in [4.78, 5) is 12.2. The smallest absolute Gasteiger partial charge is 0.271 e.